The monoisotopic (exact) mass is 192 g/mol. The SMILES string of the molecule is CC(C#N)CN1CCCC2CCCC21. The molecule has 0 aromatic heterocycles. The van der Waals surface area contributed by atoms with Crippen molar-refractivity contribution in [2.24, 2.45) is 11.8 Å². The summed E-state index contributed by atoms with van der Waals surface area (Å²) in [5.41, 5.74) is 0. The first-order valence-electron chi connectivity index (χ1n) is 5.95. The Kier molecular flexibility index (Phi) is 3.08. The molecule has 1 saturated heterocycles. The summed E-state index contributed by atoms with van der Waals surface area (Å²) in [7, 11) is 0. The van der Waals surface area contributed by atoms with Crippen molar-refractivity contribution >= 4 is 0 Å². The maximum absolute atomic E-state index is 8.83. The second kappa shape index (κ2) is 4.31. The van der Waals surface area contributed by atoms with Gasteiger partial charge < -0.3 is 0 Å². The molecule has 0 aromatic rings. The van der Waals surface area contributed by atoms with Gasteiger partial charge in [0.25, 0.3) is 0 Å². The third-order valence-corrected chi connectivity index (χ3v) is 3.84. The van der Waals surface area contributed by atoms with Crippen LogP contribution in [0.25, 0.3) is 0 Å². The molecule has 0 aromatic carbocycles. The molecule has 1 aliphatic carbocycles. The summed E-state index contributed by atoms with van der Waals surface area (Å²) in [6.45, 7) is 4.27. The Morgan fingerprint density at radius 2 is 2.14 bits per heavy atom. The van der Waals surface area contributed by atoms with Crippen molar-refractivity contribution in [1.29, 1.82) is 5.26 Å². The summed E-state index contributed by atoms with van der Waals surface area (Å²) >= 11 is 0. The van der Waals surface area contributed by atoms with Crippen LogP contribution in [0.2, 0.25) is 0 Å². The lowest BCUT2D eigenvalue weighted by atomic mass is 9.91. The Balaban J connectivity index is 1.94. The highest BCUT2D eigenvalue weighted by atomic mass is 15.2. The Hall–Kier alpha value is -0.550. The summed E-state index contributed by atoms with van der Waals surface area (Å²) in [5.74, 6) is 1.16. The summed E-state index contributed by atoms with van der Waals surface area (Å²) in [4.78, 5) is 2.58. The minimum Gasteiger partial charge on any atom is -0.299 e. The second-order valence-electron chi connectivity index (χ2n) is 4.93. The number of likely N-dealkylation sites (tertiary alicyclic amines) is 1. The first kappa shape index (κ1) is 9.98. The molecule has 3 atom stereocenters. The van der Waals surface area contributed by atoms with Gasteiger partial charge in [0, 0.05) is 12.6 Å². The van der Waals surface area contributed by atoms with E-state index in [1.807, 2.05) is 6.92 Å². The fraction of sp³-hybridized carbons (Fsp3) is 0.917. The van der Waals surface area contributed by atoms with Gasteiger partial charge in [0.1, 0.15) is 0 Å². The number of nitriles is 1. The first-order chi connectivity index (χ1) is 6.81. The van der Waals surface area contributed by atoms with E-state index < -0.39 is 0 Å². The molecule has 0 amide bonds. The number of nitrogens with zero attached hydrogens (tertiary/aromatic N) is 2. The van der Waals surface area contributed by atoms with Crippen molar-refractivity contribution in [3.05, 3.63) is 0 Å². The van der Waals surface area contributed by atoms with E-state index >= 15 is 0 Å². The lowest BCUT2D eigenvalue weighted by molar-refractivity contribution is 0.105. The Labute approximate surface area is 86.9 Å². The number of rotatable bonds is 2. The van der Waals surface area contributed by atoms with E-state index in [1.54, 1.807) is 0 Å². The zero-order valence-corrected chi connectivity index (χ0v) is 9.08. The highest BCUT2D eigenvalue weighted by molar-refractivity contribution is 4.92. The van der Waals surface area contributed by atoms with Crippen LogP contribution in [0.5, 0.6) is 0 Å². The van der Waals surface area contributed by atoms with E-state index in [1.165, 1.54) is 38.6 Å². The lowest BCUT2D eigenvalue weighted by Crippen LogP contribution is -2.44. The predicted molar refractivity (Wildman–Crippen MR) is 56.7 cm³/mol. The zero-order valence-electron chi connectivity index (χ0n) is 9.08. The van der Waals surface area contributed by atoms with E-state index in [2.05, 4.69) is 11.0 Å². The molecule has 0 N–H and O–H groups in total. The van der Waals surface area contributed by atoms with Crippen LogP contribution in [0, 0.1) is 23.2 Å². The predicted octanol–water partition coefficient (Wildman–Crippen LogP) is 2.41. The van der Waals surface area contributed by atoms with E-state index in [9.17, 15) is 0 Å². The maximum atomic E-state index is 8.83. The number of hydrogen-bond acceptors (Lipinski definition) is 2. The third-order valence-electron chi connectivity index (χ3n) is 3.84. The zero-order chi connectivity index (χ0) is 9.97. The summed E-state index contributed by atoms with van der Waals surface area (Å²) in [5, 5.41) is 8.83. The molecule has 2 aliphatic rings. The normalized spacial score (nSPS) is 34.9. The van der Waals surface area contributed by atoms with Gasteiger partial charge in [0.05, 0.1) is 12.0 Å². The van der Waals surface area contributed by atoms with E-state index in [4.69, 9.17) is 5.26 Å². The minimum absolute atomic E-state index is 0.203. The molecule has 0 spiro atoms. The molecule has 14 heavy (non-hydrogen) atoms. The van der Waals surface area contributed by atoms with Crippen molar-refractivity contribution in [2.75, 3.05) is 13.1 Å². The Morgan fingerprint density at radius 3 is 2.93 bits per heavy atom. The van der Waals surface area contributed by atoms with Crippen LogP contribution in [-0.4, -0.2) is 24.0 Å². The van der Waals surface area contributed by atoms with Gasteiger partial charge in [0.2, 0.25) is 0 Å². The molecular formula is C12H20N2. The largest absolute Gasteiger partial charge is 0.299 e. The fourth-order valence-corrected chi connectivity index (χ4v) is 3.18. The van der Waals surface area contributed by atoms with Crippen molar-refractivity contribution in [2.45, 2.75) is 45.1 Å². The third kappa shape index (κ3) is 1.93. The highest BCUT2D eigenvalue weighted by Crippen LogP contribution is 2.36. The van der Waals surface area contributed by atoms with Crippen molar-refractivity contribution in [3.8, 4) is 6.07 Å². The van der Waals surface area contributed by atoms with Crippen LogP contribution in [-0.2, 0) is 0 Å². The molecule has 2 fully saturated rings. The van der Waals surface area contributed by atoms with Crippen LogP contribution in [0.1, 0.15) is 39.0 Å². The first-order valence-corrected chi connectivity index (χ1v) is 5.95. The summed E-state index contributed by atoms with van der Waals surface area (Å²) in [6.07, 6.45) is 7.00. The smallest absolute Gasteiger partial charge is 0.0666 e. The van der Waals surface area contributed by atoms with Crippen LogP contribution in [0.15, 0.2) is 0 Å². The lowest BCUT2D eigenvalue weighted by Gasteiger charge is -2.38. The average Bonchev–Trinajstić information content (AvgIpc) is 2.66. The molecule has 1 aliphatic heterocycles. The van der Waals surface area contributed by atoms with Crippen LogP contribution >= 0.6 is 0 Å². The van der Waals surface area contributed by atoms with Crippen molar-refractivity contribution < 1.29 is 0 Å². The molecular weight excluding hydrogens is 172 g/mol. The van der Waals surface area contributed by atoms with Gasteiger partial charge >= 0.3 is 0 Å². The standard InChI is InChI=1S/C12H20N2/c1-10(8-13)9-14-7-3-5-11-4-2-6-12(11)14/h10-12H,2-7,9H2,1H3. The maximum Gasteiger partial charge on any atom is 0.0666 e. The van der Waals surface area contributed by atoms with Gasteiger partial charge in [-0.3, -0.25) is 4.90 Å². The van der Waals surface area contributed by atoms with Gasteiger partial charge in [-0.25, -0.2) is 0 Å². The quantitative estimate of drug-likeness (QED) is 0.672. The summed E-state index contributed by atoms with van der Waals surface area (Å²) in [6, 6.07) is 3.17. The molecule has 78 valence electrons. The number of hydrogen-bond donors (Lipinski definition) is 0. The van der Waals surface area contributed by atoms with Crippen molar-refractivity contribution in [3.63, 3.8) is 0 Å². The minimum atomic E-state index is 0.203. The van der Waals surface area contributed by atoms with Gasteiger partial charge in [-0.05, 0) is 45.1 Å². The Morgan fingerprint density at radius 1 is 1.36 bits per heavy atom. The number of piperidine rings is 1. The molecule has 1 saturated carbocycles. The molecule has 2 rings (SSSR count). The molecule has 1 heterocycles. The van der Waals surface area contributed by atoms with E-state index in [0.717, 1.165) is 18.5 Å². The van der Waals surface area contributed by atoms with Crippen LogP contribution < -0.4 is 0 Å². The van der Waals surface area contributed by atoms with E-state index in [-0.39, 0.29) is 5.92 Å². The topological polar surface area (TPSA) is 27.0 Å². The summed E-state index contributed by atoms with van der Waals surface area (Å²) < 4.78 is 0. The number of fused-ring (bicyclic) bond motifs is 1. The second-order valence-corrected chi connectivity index (χ2v) is 4.93. The Bertz CT molecular complexity index is 231. The van der Waals surface area contributed by atoms with Gasteiger partial charge in [0.15, 0.2) is 0 Å². The van der Waals surface area contributed by atoms with Crippen LogP contribution in [0.4, 0.5) is 0 Å². The van der Waals surface area contributed by atoms with Gasteiger partial charge in [-0.15, -0.1) is 0 Å². The molecule has 0 bridgehead atoms. The highest BCUT2D eigenvalue weighted by Gasteiger charge is 2.34. The van der Waals surface area contributed by atoms with Crippen molar-refractivity contribution in [1.82, 2.24) is 4.90 Å². The van der Waals surface area contributed by atoms with E-state index in [0.29, 0.717) is 0 Å². The van der Waals surface area contributed by atoms with Gasteiger partial charge in [-0.1, -0.05) is 6.42 Å². The molecule has 0 radical (unpaired) electrons. The fourth-order valence-electron chi connectivity index (χ4n) is 3.18. The average molecular weight is 192 g/mol. The van der Waals surface area contributed by atoms with Gasteiger partial charge in [-0.2, -0.15) is 5.26 Å². The molecule has 2 nitrogen and oxygen atoms in total. The molecule has 3 unspecified atom stereocenters. The van der Waals surface area contributed by atoms with Crippen LogP contribution in [0.3, 0.4) is 0 Å². The molecule has 2 heteroatoms.